The molecular formula is C21H24N4O2. The maximum Gasteiger partial charge on any atom is 0.240 e. The van der Waals surface area contributed by atoms with Gasteiger partial charge < -0.3 is 5.32 Å². The van der Waals surface area contributed by atoms with E-state index in [-0.39, 0.29) is 17.9 Å². The van der Waals surface area contributed by atoms with Gasteiger partial charge in [-0.05, 0) is 55.0 Å². The first-order chi connectivity index (χ1) is 13.0. The number of carbonyl (C=O) groups is 2. The molecule has 0 bridgehead atoms. The second kappa shape index (κ2) is 8.58. The number of benzene rings is 1. The molecule has 0 spiro atoms. The summed E-state index contributed by atoms with van der Waals surface area (Å²) in [7, 11) is 0. The van der Waals surface area contributed by atoms with Crippen molar-refractivity contribution in [2.75, 3.05) is 0 Å². The Labute approximate surface area is 159 Å². The predicted molar refractivity (Wildman–Crippen MR) is 104 cm³/mol. The second-order valence-electron chi connectivity index (χ2n) is 6.84. The Bertz CT molecular complexity index is 862. The summed E-state index contributed by atoms with van der Waals surface area (Å²) in [6, 6.07) is 9.80. The molecule has 2 heterocycles. The Morgan fingerprint density at radius 1 is 1.19 bits per heavy atom. The van der Waals surface area contributed by atoms with E-state index in [0.717, 1.165) is 16.8 Å². The van der Waals surface area contributed by atoms with Crippen LogP contribution in [0.5, 0.6) is 0 Å². The molecule has 0 unspecified atom stereocenters. The summed E-state index contributed by atoms with van der Waals surface area (Å²) >= 11 is 0. The molecule has 0 saturated carbocycles. The number of hydrogen-bond acceptors (Lipinski definition) is 4. The van der Waals surface area contributed by atoms with Gasteiger partial charge in [0.25, 0.3) is 0 Å². The van der Waals surface area contributed by atoms with E-state index in [9.17, 15) is 9.59 Å². The summed E-state index contributed by atoms with van der Waals surface area (Å²) in [6.45, 7) is 4.14. The minimum atomic E-state index is -0.251. The number of nitrogens with one attached hydrogen (secondary N) is 2. The fraction of sp³-hybridized carbons (Fsp3) is 0.333. The zero-order valence-electron chi connectivity index (χ0n) is 15.7. The van der Waals surface area contributed by atoms with Crippen LogP contribution in [0.4, 0.5) is 0 Å². The lowest BCUT2D eigenvalue weighted by Gasteiger charge is -2.21. The molecule has 0 aliphatic carbocycles. The van der Waals surface area contributed by atoms with E-state index in [4.69, 9.17) is 0 Å². The van der Waals surface area contributed by atoms with Crippen LogP contribution in [0.3, 0.4) is 0 Å². The first-order valence-electron chi connectivity index (χ1n) is 9.13. The summed E-state index contributed by atoms with van der Waals surface area (Å²) in [6.07, 6.45) is 5.41. The number of aryl methyl sites for hydroxylation is 2. The number of aromatic nitrogens is 1. The van der Waals surface area contributed by atoms with E-state index < -0.39 is 0 Å². The molecular weight excluding hydrogens is 340 g/mol. The van der Waals surface area contributed by atoms with Crippen LogP contribution in [0.2, 0.25) is 0 Å². The Balaban J connectivity index is 1.72. The van der Waals surface area contributed by atoms with Gasteiger partial charge in [-0.3, -0.25) is 14.6 Å². The maximum absolute atomic E-state index is 12.6. The minimum absolute atomic E-state index is 0.0540. The molecule has 0 fully saturated rings. The third-order valence-corrected chi connectivity index (χ3v) is 4.81. The van der Waals surface area contributed by atoms with Gasteiger partial charge in [-0.25, -0.2) is 5.43 Å². The summed E-state index contributed by atoms with van der Waals surface area (Å²) < 4.78 is 0. The van der Waals surface area contributed by atoms with Crippen LogP contribution >= 0.6 is 0 Å². The average Bonchev–Trinajstić information content (AvgIpc) is 2.68. The lowest BCUT2D eigenvalue weighted by molar-refractivity contribution is -0.121. The quantitative estimate of drug-likeness (QED) is 0.827. The molecule has 1 aliphatic heterocycles. The zero-order valence-corrected chi connectivity index (χ0v) is 15.7. The highest BCUT2D eigenvalue weighted by atomic mass is 16.2. The predicted octanol–water partition coefficient (Wildman–Crippen LogP) is 2.95. The van der Waals surface area contributed by atoms with Gasteiger partial charge in [0.1, 0.15) is 0 Å². The normalized spacial score (nSPS) is 14.9. The third-order valence-electron chi connectivity index (χ3n) is 4.81. The van der Waals surface area contributed by atoms with Crippen molar-refractivity contribution >= 4 is 17.5 Å². The van der Waals surface area contributed by atoms with E-state index in [1.807, 2.05) is 18.2 Å². The van der Waals surface area contributed by atoms with E-state index in [2.05, 4.69) is 46.8 Å². The molecule has 2 amide bonds. The van der Waals surface area contributed by atoms with Gasteiger partial charge in [-0.15, -0.1) is 0 Å². The summed E-state index contributed by atoms with van der Waals surface area (Å²) in [5.74, 6) is -0.128. The molecule has 27 heavy (non-hydrogen) atoms. The molecule has 140 valence electrons. The van der Waals surface area contributed by atoms with Crippen LogP contribution in [-0.4, -0.2) is 22.5 Å². The van der Waals surface area contributed by atoms with Crippen molar-refractivity contribution in [1.82, 2.24) is 15.7 Å². The fourth-order valence-corrected chi connectivity index (χ4v) is 3.03. The SMILES string of the molecule is Cc1ccc([C@@H](NC(=O)CCC2=NNC(=O)CC2)c2cccnc2)cc1C. The number of amides is 2. The molecule has 1 atom stereocenters. The fourth-order valence-electron chi connectivity index (χ4n) is 3.03. The van der Waals surface area contributed by atoms with Crippen LogP contribution in [0.1, 0.15) is 54.0 Å². The van der Waals surface area contributed by atoms with Crippen LogP contribution in [-0.2, 0) is 9.59 Å². The van der Waals surface area contributed by atoms with Crippen molar-refractivity contribution in [3.8, 4) is 0 Å². The number of carbonyl (C=O) groups excluding carboxylic acids is 2. The third kappa shape index (κ3) is 5.00. The van der Waals surface area contributed by atoms with Gasteiger partial charge in [0.15, 0.2) is 0 Å². The number of nitrogens with zero attached hydrogens (tertiary/aromatic N) is 2. The van der Waals surface area contributed by atoms with Crippen molar-refractivity contribution in [3.63, 3.8) is 0 Å². The van der Waals surface area contributed by atoms with E-state index in [1.54, 1.807) is 12.4 Å². The minimum Gasteiger partial charge on any atom is -0.345 e. The molecule has 1 aromatic heterocycles. The van der Waals surface area contributed by atoms with Gasteiger partial charge in [0.2, 0.25) is 11.8 Å². The van der Waals surface area contributed by atoms with Crippen LogP contribution < -0.4 is 10.7 Å². The standard InChI is InChI=1S/C21H24N4O2/c1-14-5-6-16(12-15(14)2)21(17-4-3-11-22-13-17)23-19(26)9-7-18-8-10-20(27)25-24-18/h3-6,11-13,21H,7-10H2,1-2H3,(H,23,26)(H,25,27)/t21-/m1/s1. The van der Waals surface area contributed by atoms with Gasteiger partial charge >= 0.3 is 0 Å². The van der Waals surface area contributed by atoms with Gasteiger partial charge in [0, 0.05) is 30.9 Å². The molecule has 6 nitrogen and oxygen atoms in total. The van der Waals surface area contributed by atoms with Crippen LogP contribution in [0.15, 0.2) is 47.8 Å². The molecule has 1 aliphatic rings. The summed E-state index contributed by atoms with van der Waals surface area (Å²) in [4.78, 5) is 27.9. The van der Waals surface area contributed by atoms with Crippen molar-refractivity contribution in [1.29, 1.82) is 0 Å². The zero-order chi connectivity index (χ0) is 19.2. The highest BCUT2D eigenvalue weighted by Crippen LogP contribution is 2.24. The molecule has 0 radical (unpaired) electrons. The van der Waals surface area contributed by atoms with E-state index >= 15 is 0 Å². The monoisotopic (exact) mass is 364 g/mol. The highest BCUT2D eigenvalue weighted by Gasteiger charge is 2.19. The highest BCUT2D eigenvalue weighted by molar-refractivity contribution is 5.94. The Kier molecular flexibility index (Phi) is 5.96. The Morgan fingerprint density at radius 3 is 2.70 bits per heavy atom. The molecule has 6 heteroatoms. The van der Waals surface area contributed by atoms with Crippen molar-refractivity contribution < 1.29 is 9.59 Å². The van der Waals surface area contributed by atoms with Gasteiger partial charge in [-0.2, -0.15) is 5.10 Å². The van der Waals surface area contributed by atoms with Gasteiger partial charge in [-0.1, -0.05) is 24.3 Å². The molecule has 0 saturated heterocycles. The first kappa shape index (κ1) is 18.8. The maximum atomic E-state index is 12.6. The molecule has 2 aromatic rings. The Hall–Kier alpha value is -3.02. The van der Waals surface area contributed by atoms with Crippen LogP contribution in [0.25, 0.3) is 0 Å². The lowest BCUT2D eigenvalue weighted by Crippen LogP contribution is -2.31. The number of rotatable bonds is 6. The van der Waals surface area contributed by atoms with E-state index in [0.29, 0.717) is 25.7 Å². The topological polar surface area (TPSA) is 83.5 Å². The molecule has 3 rings (SSSR count). The largest absolute Gasteiger partial charge is 0.345 e. The Morgan fingerprint density at radius 2 is 2.04 bits per heavy atom. The smallest absolute Gasteiger partial charge is 0.240 e. The molecule has 1 aromatic carbocycles. The van der Waals surface area contributed by atoms with Crippen molar-refractivity contribution in [3.05, 3.63) is 65.0 Å². The van der Waals surface area contributed by atoms with E-state index in [1.165, 1.54) is 11.1 Å². The van der Waals surface area contributed by atoms with Gasteiger partial charge in [0.05, 0.1) is 6.04 Å². The number of hydrogen-bond donors (Lipinski definition) is 2. The average molecular weight is 364 g/mol. The lowest BCUT2D eigenvalue weighted by atomic mass is 9.96. The first-order valence-corrected chi connectivity index (χ1v) is 9.13. The van der Waals surface area contributed by atoms with Crippen molar-refractivity contribution in [2.24, 2.45) is 5.10 Å². The number of hydrazone groups is 1. The summed E-state index contributed by atoms with van der Waals surface area (Å²) in [5.41, 5.74) is 7.69. The number of pyridine rings is 1. The van der Waals surface area contributed by atoms with Crippen molar-refractivity contribution in [2.45, 2.75) is 45.6 Å². The van der Waals surface area contributed by atoms with Crippen LogP contribution in [0, 0.1) is 13.8 Å². The summed E-state index contributed by atoms with van der Waals surface area (Å²) in [5, 5.41) is 7.15. The second-order valence-corrected chi connectivity index (χ2v) is 6.84. The molecule has 2 N–H and O–H groups in total.